The fourth-order valence-electron chi connectivity index (χ4n) is 0.805. The number of halogens is 5. The Morgan fingerprint density at radius 2 is 1.35 bits per heavy atom. The third-order valence-corrected chi connectivity index (χ3v) is 3.92. The van der Waals surface area contributed by atoms with Gasteiger partial charge in [0.25, 0.3) is 0 Å². The van der Waals surface area contributed by atoms with E-state index in [1.165, 1.54) is 0 Å². The van der Waals surface area contributed by atoms with Gasteiger partial charge in [0.2, 0.25) is 5.75 Å². The van der Waals surface area contributed by atoms with E-state index in [0.29, 0.717) is 0 Å². The molecule has 0 bridgehead atoms. The average Bonchev–Trinajstić information content (AvgIpc) is 2.33. The van der Waals surface area contributed by atoms with Gasteiger partial charge >= 0.3 is 5.97 Å². The summed E-state index contributed by atoms with van der Waals surface area (Å²) >= 11 is 29.0. The lowest BCUT2D eigenvalue weighted by molar-refractivity contribution is -0.213. The van der Waals surface area contributed by atoms with Gasteiger partial charge in [0.1, 0.15) is 10.0 Å². The van der Waals surface area contributed by atoms with Crippen molar-refractivity contribution in [2.75, 3.05) is 0 Å². The molecule has 0 saturated heterocycles. The highest BCUT2D eigenvalue weighted by Gasteiger charge is 2.22. The fraction of sp³-hybridized carbons (Fsp3) is 0.222. The van der Waals surface area contributed by atoms with E-state index in [1.807, 2.05) is 0 Å². The lowest BCUT2D eigenvalue weighted by atomic mass is 10.3. The van der Waals surface area contributed by atoms with Crippen molar-refractivity contribution in [1.29, 1.82) is 0 Å². The first-order valence-corrected chi connectivity index (χ1v) is 6.17. The Morgan fingerprint density at radius 3 is 1.76 bits per heavy atom. The molecule has 0 aliphatic rings. The van der Waals surface area contributed by atoms with E-state index in [2.05, 4.69) is 4.89 Å². The summed E-state index contributed by atoms with van der Waals surface area (Å²) < 4.78 is 0. The Balaban J connectivity index is 3.12. The van der Waals surface area contributed by atoms with Crippen LogP contribution in [0.3, 0.4) is 0 Å². The van der Waals surface area contributed by atoms with Gasteiger partial charge in [-0.15, -0.1) is 0 Å². The first-order valence-electron chi connectivity index (χ1n) is 4.28. The molecule has 0 amide bonds. The van der Waals surface area contributed by atoms with Crippen LogP contribution < -0.4 is 4.89 Å². The second kappa shape index (κ2) is 6.21. The molecular weight excluding hydrogens is 333 g/mol. The van der Waals surface area contributed by atoms with Crippen LogP contribution in [0.5, 0.6) is 5.75 Å². The van der Waals surface area contributed by atoms with Crippen LogP contribution >= 0.6 is 58.0 Å². The molecule has 1 rings (SSSR count). The highest BCUT2D eigenvalue weighted by Crippen LogP contribution is 2.48. The summed E-state index contributed by atoms with van der Waals surface area (Å²) in [5, 5.41) is -0.252. The predicted octanol–water partition coefficient (Wildman–Crippen LogP) is 5.20. The minimum atomic E-state index is -0.598. The average molecular weight is 338 g/mol. The smallest absolute Gasteiger partial charge is 0.284 e. The predicted molar refractivity (Wildman–Crippen MR) is 68.5 cm³/mol. The SMILES string of the molecule is CCC(=O)OOc1c(Cl)c(Cl)c(Cl)c(Cl)c1Cl. The van der Waals surface area contributed by atoms with E-state index in [-0.39, 0.29) is 37.3 Å². The number of hydrogen-bond acceptors (Lipinski definition) is 3. The van der Waals surface area contributed by atoms with Gasteiger partial charge in [-0.25, -0.2) is 4.79 Å². The summed E-state index contributed by atoms with van der Waals surface area (Å²) in [6, 6.07) is 0. The molecule has 0 aliphatic carbocycles. The zero-order valence-corrected chi connectivity index (χ0v) is 12.1. The molecule has 17 heavy (non-hydrogen) atoms. The Kier molecular flexibility index (Phi) is 5.48. The first kappa shape index (κ1) is 15.0. The third kappa shape index (κ3) is 3.24. The van der Waals surface area contributed by atoms with Crippen molar-refractivity contribution in [1.82, 2.24) is 0 Å². The monoisotopic (exact) mass is 336 g/mol. The number of hydrogen-bond donors (Lipinski definition) is 0. The number of carbonyl (C=O) groups is 1. The van der Waals surface area contributed by atoms with Crippen molar-refractivity contribution in [3.05, 3.63) is 25.1 Å². The van der Waals surface area contributed by atoms with Gasteiger partial charge in [-0.1, -0.05) is 64.9 Å². The molecule has 94 valence electrons. The molecule has 0 unspecified atom stereocenters. The molecule has 0 heterocycles. The van der Waals surface area contributed by atoms with Gasteiger partial charge in [-0.05, 0) is 0 Å². The van der Waals surface area contributed by atoms with Crippen LogP contribution in [0.2, 0.25) is 25.1 Å². The molecule has 3 nitrogen and oxygen atoms in total. The number of benzene rings is 1. The summed E-state index contributed by atoms with van der Waals surface area (Å²) in [6.45, 7) is 1.59. The Hall–Kier alpha value is -0.0600. The van der Waals surface area contributed by atoms with Crippen LogP contribution in [0.4, 0.5) is 0 Å². The van der Waals surface area contributed by atoms with Crippen molar-refractivity contribution < 1.29 is 14.6 Å². The van der Waals surface area contributed by atoms with Crippen molar-refractivity contribution >= 4 is 64.0 Å². The van der Waals surface area contributed by atoms with Crippen molar-refractivity contribution in [3.63, 3.8) is 0 Å². The minimum absolute atomic E-state index is 0.00231. The maximum absolute atomic E-state index is 10.9. The first-order chi connectivity index (χ1) is 7.90. The molecule has 0 N–H and O–H groups in total. The Morgan fingerprint density at radius 1 is 0.941 bits per heavy atom. The van der Waals surface area contributed by atoms with Crippen LogP contribution in [0.25, 0.3) is 0 Å². The molecule has 0 atom stereocenters. The molecule has 0 saturated carbocycles. The third-order valence-electron chi connectivity index (χ3n) is 1.68. The standard InChI is InChI=1S/C9H5Cl5O3/c1-2-3(15)16-17-9-7(13)5(11)4(10)6(12)8(9)14/h2H2,1H3. The van der Waals surface area contributed by atoms with Gasteiger partial charge in [0.05, 0.1) is 15.1 Å². The highest BCUT2D eigenvalue weighted by atomic mass is 35.5. The van der Waals surface area contributed by atoms with E-state index in [1.54, 1.807) is 6.92 Å². The van der Waals surface area contributed by atoms with Gasteiger partial charge in [0, 0.05) is 6.42 Å². The highest BCUT2D eigenvalue weighted by molar-refractivity contribution is 6.55. The van der Waals surface area contributed by atoms with Crippen LogP contribution in [0.15, 0.2) is 0 Å². The van der Waals surface area contributed by atoms with Crippen molar-refractivity contribution in [2.45, 2.75) is 13.3 Å². The van der Waals surface area contributed by atoms with Crippen LogP contribution in [-0.2, 0) is 9.68 Å². The van der Waals surface area contributed by atoms with E-state index in [0.717, 1.165) is 0 Å². The minimum Gasteiger partial charge on any atom is -0.284 e. The van der Waals surface area contributed by atoms with Crippen molar-refractivity contribution in [3.8, 4) is 5.75 Å². The lowest BCUT2D eigenvalue weighted by Crippen LogP contribution is -2.07. The molecule has 8 heteroatoms. The number of carbonyl (C=O) groups excluding carboxylic acids is 1. The molecule has 0 spiro atoms. The second-order valence-electron chi connectivity index (χ2n) is 2.79. The molecule has 1 aromatic rings. The van der Waals surface area contributed by atoms with Crippen LogP contribution in [0, 0.1) is 0 Å². The Labute approximate surface area is 122 Å². The summed E-state index contributed by atoms with van der Waals surface area (Å²) in [7, 11) is 0. The Bertz CT molecular complexity index is 431. The molecule has 1 aromatic carbocycles. The summed E-state index contributed by atoms with van der Waals surface area (Å²) in [4.78, 5) is 20.0. The summed E-state index contributed by atoms with van der Waals surface area (Å²) in [5.74, 6) is -0.756. The molecular formula is C9H5Cl5O3. The second-order valence-corrected chi connectivity index (χ2v) is 4.68. The zero-order valence-electron chi connectivity index (χ0n) is 8.32. The van der Waals surface area contributed by atoms with Gasteiger partial charge < -0.3 is 0 Å². The molecule has 0 fully saturated rings. The summed E-state index contributed by atoms with van der Waals surface area (Å²) in [5.41, 5.74) is 0. The molecule has 0 radical (unpaired) electrons. The molecule has 0 aromatic heterocycles. The van der Waals surface area contributed by atoms with E-state index in [4.69, 9.17) is 62.9 Å². The van der Waals surface area contributed by atoms with Crippen molar-refractivity contribution in [2.24, 2.45) is 0 Å². The quantitative estimate of drug-likeness (QED) is 0.329. The van der Waals surface area contributed by atoms with E-state index in [9.17, 15) is 4.79 Å². The van der Waals surface area contributed by atoms with Gasteiger partial charge in [-0.2, -0.15) is 0 Å². The van der Waals surface area contributed by atoms with Crippen LogP contribution in [-0.4, -0.2) is 5.97 Å². The largest absolute Gasteiger partial charge is 0.355 e. The lowest BCUT2D eigenvalue weighted by Gasteiger charge is -2.11. The van der Waals surface area contributed by atoms with E-state index >= 15 is 0 Å². The van der Waals surface area contributed by atoms with Crippen LogP contribution in [0.1, 0.15) is 13.3 Å². The normalized spacial score (nSPS) is 10.2. The van der Waals surface area contributed by atoms with E-state index < -0.39 is 5.97 Å². The van der Waals surface area contributed by atoms with Gasteiger partial charge in [-0.3, -0.25) is 9.78 Å². The zero-order chi connectivity index (χ0) is 13.2. The fourth-order valence-corrected chi connectivity index (χ4v) is 1.99. The maximum atomic E-state index is 10.9. The maximum Gasteiger partial charge on any atom is 0.355 e. The topological polar surface area (TPSA) is 35.5 Å². The molecule has 0 aliphatic heterocycles. The number of rotatable bonds is 3. The van der Waals surface area contributed by atoms with Gasteiger partial charge in [0.15, 0.2) is 0 Å². The summed E-state index contributed by atoms with van der Waals surface area (Å²) in [6.07, 6.45) is 0.129.